The number of ether oxygens (including phenoxy) is 1. The molecular formula is C37H44N6O9. The van der Waals surface area contributed by atoms with Crippen LogP contribution in [0.15, 0.2) is 84.9 Å². The van der Waals surface area contributed by atoms with Crippen LogP contribution >= 0.6 is 0 Å². The molecule has 5 N–H and O–H groups in total. The van der Waals surface area contributed by atoms with E-state index in [0.717, 1.165) is 5.56 Å². The van der Waals surface area contributed by atoms with Crippen molar-refractivity contribution < 1.29 is 38.4 Å². The number of nitrogens with zero attached hydrogens (tertiary/aromatic N) is 1. The number of nitrogens with one attached hydrogen (secondary N) is 5. The van der Waals surface area contributed by atoms with E-state index in [0.29, 0.717) is 17.5 Å². The summed E-state index contributed by atoms with van der Waals surface area (Å²) in [6.07, 6.45) is 0.488. The zero-order valence-corrected chi connectivity index (χ0v) is 29.3. The molecule has 0 fully saturated rings. The van der Waals surface area contributed by atoms with E-state index in [-0.39, 0.29) is 37.0 Å². The summed E-state index contributed by atoms with van der Waals surface area (Å²) >= 11 is 0. The lowest BCUT2D eigenvalue weighted by Gasteiger charge is -2.23. The van der Waals surface area contributed by atoms with E-state index >= 15 is 0 Å². The van der Waals surface area contributed by atoms with Crippen LogP contribution in [0.3, 0.4) is 0 Å². The molecule has 0 saturated heterocycles. The summed E-state index contributed by atoms with van der Waals surface area (Å²) in [6, 6.07) is 20.1. The van der Waals surface area contributed by atoms with Crippen LogP contribution in [0.25, 0.3) is 0 Å². The van der Waals surface area contributed by atoms with Gasteiger partial charge in [-0.1, -0.05) is 74.5 Å². The van der Waals surface area contributed by atoms with Crippen LogP contribution < -0.4 is 26.6 Å². The number of rotatable bonds is 19. The number of nitro groups is 1. The number of non-ortho nitro benzene ring substituents is 1. The summed E-state index contributed by atoms with van der Waals surface area (Å²) in [4.78, 5) is 87.1. The topological polar surface area (TPSA) is 215 Å². The zero-order chi connectivity index (χ0) is 38.0. The lowest BCUT2D eigenvalue weighted by molar-refractivity contribution is -0.384. The molecule has 3 rings (SSSR count). The second-order valence-electron chi connectivity index (χ2n) is 12.5. The number of hydrogen-bond acceptors (Lipinski definition) is 9. The lowest BCUT2D eigenvalue weighted by atomic mass is 10.0. The molecule has 0 unspecified atom stereocenters. The highest BCUT2D eigenvalue weighted by Crippen LogP contribution is 2.14. The molecule has 5 amide bonds. The van der Waals surface area contributed by atoms with Crippen molar-refractivity contribution in [1.82, 2.24) is 26.6 Å². The summed E-state index contributed by atoms with van der Waals surface area (Å²) in [6.45, 7) is 3.90. The molecular weight excluding hydrogens is 672 g/mol. The maximum atomic E-state index is 13.7. The van der Waals surface area contributed by atoms with Crippen molar-refractivity contribution >= 4 is 41.2 Å². The maximum absolute atomic E-state index is 13.7. The third kappa shape index (κ3) is 14.4. The quantitative estimate of drug-likeness (QED) is 0.0695. The molecule has 0 spiro atoms. The molecule has 0 aliphatic carbocycles. The number of carbonyl (C=O) groups is 6. The maximum Gasteiger partial charge on any atom is 0.329 e. The van der Waals surface area contributed by atoms with Gasteiger partial charge in [0.15, 0.2) is 0 Å². The predicted molar refractivity (Wildman–Crippen MR) is 190 cm³/mol. The standard InChI is InChI=1S/C37H44N6O9/c1-24(2)18-30(40-25(3)44)35(47)39-21-33(45)38-22-34(46)41-31(19-26-10-6-4-7-11-26)36(48)42-32(20-27-12-8-5-9-13-27)37(49)52-23-28-14-16-29(17-15-28)43(50)51/h4-17,24,30-32H,18-23H2,1-3H3,(H,38,45)(H,39,47)(H,40,44)(H,41,46)(H,42,48)/t30-,31+,32-/m1/s1. The minimum Gasteiger partial charge on any atom is -0.459 e. The second-order valence-corrected chi connectivity index (χ2v) is 12.5. The van der Waals surface area contributed by atoms with E-state index in [1.807, 2.05) is 13.8 Å². The first-order chi connectivity index (χ1) is 24.8. The lowest BCUT2D eigenvalue weighted by Crippen LogP contribution is -2.55. The zero-order valence-electron chi connectivity index (χ0n) is 29.3. The number of amides is 5. The van der Waals surface area contributed by atoms with Crippen molar-refractivity contribution in [2.24, 2.45) is 5.92 Å². The normalized spacial score (nSPS) is 12.4. The molecule has 0 bridgehead atoms. The molecule has 3 aromatic rings. The first-order valence-electron chi connectivity index (χ1n) is 16.7. The van der Waals surface area contributed by atoms with Crippen molar-refractivity contribution in [1.29, 1.82) is 0 Å². The monoisotopic (exact) mass is 716 g/mol. The number of hydrogen-bond donors (Lipinski definition) is 5. The van der Waals surface area contributed by atoms with Gasteiger partial charge in [-0.15, -0.1) is 0 Å². The molecule has 276 valence electrons. The summed E-state index contributed by atoms with van der Waals surface area (Å²) in [7, 11) is 0. The second kappa shape index (κ2) is 20.5. The highest BCUT2D eigenvalue weighted by molar-refractivity contribution is 5.94. The Morgan fingerprint density at radius 3 is 1.75 bits per heavy atom. The highest BCUT2D eigenvalue weighted by Gasteiger charge is 2.29. The van der Waals surface area contributed by atoms with E-state index in [9.17, 15) is 38.9 Å². The van der Waals surface area contributed by atoms with Gasteiger partial charge in [-0.3, -0.25) is 34.1 Å². The van der Waals surface area contributed by atoms with Gasteiger partial charge in [0.25, 0.3) is 5.69 Å². The number of nitro benzene ring substituents is 1. The minimum absolute atomic E-state index is 0.0543. The Bertz CT molecular complexity index is 1680. The van der Waals surface area contributed by atoms with E-state index in [4.69, 9.17) is 4.74 Å². The number of benzene rings is 3. The molecule has 3 aromatic carbocycles. The predicted octanol–water partition coefficient (Wildman–Crippen LogP) is 1.88. The fourth-order valence-electron chi connectivity index (χ4n) is 5.07. The van der Waals surface area contributed by atoms with Crippen molar-refractivity contribution in [3.05, 3.63) is 112 Å². The van der Waals surface area contributed by atoms with Gasteiger partial charge in [0, 0.05) is 31.9 Å². The first kappa shape index (κ1) is 40.3. The van der Waals surface area contributed by atoms with Crippen LogP contribution in [0.5, 0.6) is 0 Å². The fourth-order valence-corrected chi connectivity index (χ4v) is 5.07. The molecule has 0 radical (unpaired) electrons. The van der Waals surface area contributed by atoms with Gasteiger partial charge in [-0.2, -0.15) is 0 Å². The van der Waals surface area contributed by atoms with Gasteiger partial charge in [-0.05, 0) is 41.2 Å². The minimum atomic E-state index is -1.17. The third-order valence-electron chi connectivity index (χ3n) is 7.62. The Morgan fingerprint density at radius 1 is 0.654 bits per heavy atom. The Balaban J connectivity index is 1.67. The molecule has 0 saturated carbocycles. The largest absolute Gasteiger partial charge is 0.459 e. The molecule has 0 aliphatic heterocycles. The van der Waals surface area contributed by atoms with Gasteiger partial charge in [-0.25, -0.2) is 4.79 Å². The van der Waals surface area contributed by atoms with Crippen LogP contribution in [0, 0.1) is 16.0 Å². The summed E-state index contributed by atoms with van der Waals surface area (Å²) in [5.41, 5.74) is 1.83. The van der Waals surface area contributed by atoms with Crippen LogP contribution in [0.2, 0.25) is 0 Å². The first-order valence-corrected chi connectivity index (χ1v) is 16.7. The molecule has 52 heavy (non-hydrogen) atoms. The third-order valence-corrected chi connectivity index (χ3v) is 7.62. The van der Waals surface area contributed by atoms with E-state index in [2.05, 4.69) is 26.6 Å². The Hall–Kier alpha value is -6.12. The van der Waals surface area contributed by atoms with Crippen LogP contribution in [0.1, 0.15) is 43.9 Å². The molecule has 0 aliphatic rings. The Morgan fingerprint density at radius 2 is 1.21 bits per heavy atom. The molecule has 0 aromatic heterocycles. The van der Waals surface area contributed by atoms with Crippen LogP contribution in [-0.4, -0.2) is 71.6 Å². The smallest absolute Gasteiger partial charge is 0.329 e. The Kier molecular flexibility index (Phi) is 15.9. The molecule has 15 heteroatoms. The average Bonchev–Trinajstić information content (AvgIpc) is 3.11. The van der Waals surface area contributed by atoms with Crippen LogP contribution in [0.4, 0.5) is 5.69 Å². The molecule has 0 heterocycles. The van der Waals surface area contributed by atoms with Crippen molar-refractivity contribution in [3.8, 4) is 0 Å². The average molecular weight is 717 g/mol. The molecule has 15 nitrogen and oxygen atoms in total. The van der Waals surface area contributed by atoms with Gasteiger partial charge < -0.3 is 31.3 Å². The number of carbonyl (C=O) groups excluding carboxylic acids is 6. The summed E-state index contributed by atoms with van der Waals surface area (Å²) < 4.78 is 5.49. The summed E-state index contributed by atoms with van der Waals surface area (Å²) in [5, 5.41) is 23.7. The van der Waals surface area contributed by atoms with E-state index < -0.39 is 65.7 Å². The van der Waals surface area contributed by atoms with Gasteiger partial charge in [0.1, 0.15) is 24.7 Å². The van der Waals surface area contributed by atoms with Gasteiger partial charge in [0.2, 0.25) is 29.5 Å². The molecule has 3 atom stereocenters. The SMILES string of the molecule is CC(=O)N[C@H](CC(C)C)C(=O)NCC(=O)NCC(=O)N[C@@H](Cc1ccccc1)C(=O)N[C@H](Cc1ccccc1)C(=O)OCc1ccc([N+](=O)[O-])cc1. The Labute approximate surface area is 301 Å². The van der Waals surface area contributed by atoms with Crippen molar-refractivity contribution in [2.75, 3.05) is 13.1 Å². The van der Waals surface area contributed by atoms with Gasteiger partial charge >= 0.3 is 5.97 Å². The van der Waals surface area contributed by atoms with E-state index in [1.54, 1.807) is 60.7 Å². The van der Waals surface area contributed by atoms with E-state index in [1.165, 1.54) is 31.2 Å². The fraction of sp³-hybridized carbons (Fsp3) is 0.351. The van der Waals surface area contributed by atoms with Crippen molar-refractivity contribution in [3.63, 3.8) is 0 Å². The van der Waals surface area contributed by atoms with Crippen LogP contribution in [-0.2, 0) is 53.0 Å². The summed E-state index contributed by atoms with van der Waals surface area (Å²) in [5.74, 6) is -3.64. The van der Waals surface area contributed by atoms with Gasteiger partial charge in [0.05, 0.1) is 18.0 Å². The highest BCUT2D eigenvalue weighted by atomic mass is 16.6. The number of esters is 1. The van der Waals surface area contributed by atoms with Crippen molar-refractivity contribution in [2.45, 2.75) is 64.8 Å².